The molecular weight excluding hydrogens is 412 g/mol. The summed E-state index contributed by atoms with van der Waals surface area (Å²) >= 11 is 0. The summed E-state index contributed by atoms with van der Waals surface area (Å²) in [5.41, 5.74) is 2.08. The van der Waals surface area contributed by atoms with E-state index in [0.29, 0.717) is 30.6 Å². The van der Waals surface area contributed by atoms with Gasteiger partial charge in [-0.1, -0.05) is 63.6 Å². The Bertz CT molecular complexity index is 996. The lowest BCUT2D eigenvalue weighted by Gasteiger charge is -2.36. The summed E-state index contributed by atoms with van der Waals surface area (Å²) in [6.45, 7) is 6.67. The van der Waals surface area contributed by atoms with Crippen LogP contribution in [0.3, 0.4) is 0 Å². The van der Waals surface area contributed by atoms with Gasteiger partial charge in [-0.25, -0.2) is 0 Å². The number of Topliss-reactive ketones (excluding diaryl/α,β-unsaturated/α-hetero) is 1. The van der Waals surface area contributed by atoms with Crippen LogP contribution >= 0.6 is 0 Å². The van der Waals surface area contributed by atoms with Crippen LogP contribution in [0.2, 0.25) is 0 Å². The molecule has 0 aromatic heterocycles. The van der Waals surface area contributed by atoms with Crippen LogP contribution in [0.15, 0.2) is 48.5 Å². The molecular formula is C29H34O4. The maximum absolute atomic E-state index is 13.3. The Kier molecular flexibility index (Phi) is 6.03. The molecule has 5 atom stereocenters. The van der Waals surface area contributed by atoms with E-state index in [2.05, 4.69) is 20.8 Å². The summed E-state index contributed by atoms with van der Waals surface area (Å²) in [4.78, 5) is 26.2. The standard InChI is InChI=1S/C29H34O4/c1-17(2)19-13-12-18(3)14-28(19)33-29(31)24-15-23(24)25(30)16-22-20-8-4-6-10-26(20)32-27-11-7-5-9-21(22)27/h4-11,17-19,22-24,28H,12-16H2,1-3H3/t18-,19+,23+,24+,28-/m1/s1. The Morgan fingerprint density at radius 3 is 2.21 bits per heavy atom. The average molecular weight is 447 g/mol. The summed E-state index contributed by atoms with van der Waals surface area (Å²) in [6.07, 6.45) is 4.27. The van der Waals surface area contributed by atoms with E-state index < -0.39 is 0 Å². The molecule has 2 saturated carbocycles. The van der Waals surface area contributed by atoms with Crippen molar-refractivity contribution in [1.82, 2.24) is 0 Å². The topological polar surface area (TPSA) is 52.6 Å². The van der Waals surface area contributed by atoms with Crippen molar-refractivity contribution in [3.05, 3.63) is 59.7 Å². The van der Waals surface area contributed by atoms with Gasteiger partial charge in [0.05, 0.1) is 5.92 Å². The first kappa shape index (κ1) is 22.2. The van der Waals surface area contributed by atoms with E-state index in [4.69, 9.17) is 9.47 Å². The van der Waals surface area contributed by atoms with E-state index in [1.807, 2.05) is 48.5 Å². The highest BCUT2D eigenvalue weighted by Crippen LogP contribution is 2.49. The molecule has 3 aliphatic rings. The van der Waals surface area contributed by atoms with Gasteiger partial charge in [-0.2, -0.15) is 0 Å². The summed E-state index contributed by atoms with van der Waals surface area (Å²) in [6, 6.07) is 15.9. The number of hydrogen-bond acceptors (Lipinski definition) is 4. The molecule has 174 valence electrons. The Morgan fingerprint density at radius 2 is 1.58 bits per heavy atom. The highest BCUT2D eigenvalue weighted by atomic mass is 16.5. The summed E-state index contributed by atoms with van der Waals surface area (Å²) in [7, 11) is 0. The van der Waals surface area contributed by atoms with Gasteiger partial charge in [0.15, 0.2) is 0 Å². The third-order valence-corrected chi connectivity index (χ3v) is 7.95. The van der Waals surface area contributed by atoms with Crippen LogP contribution < -0.4 is 4.74 Å². The van der Waals surface area contributed by atoms with Crippen LogP contribution in [-0.4, -0.2) is 17.9 Å². The number of rotatable bonds is 6. The highest BCUT2D eigenvalue weighted by Gasteiger charge is 2.50. The molecule has 2 aromatic carbocycles. The Hall–Kier alpha value is -2.62. The van der Waals surface area contributed by atoms with Crippen molar-refractivity contribution in [3.8, 4) is 11.5 Å². The quantitative estimate of drug-likeness (QED) is 0.474. The van der Waals surface area contributed by atoms with Gasteiger partial charge in [-0.15, -0.1) is 0 Å². The number of benzene rings is 2. The number of para-hydroxylation sites is 2. The van der Waals surface area contributed by atoms with E-state index in [1.54, 1.807) is 0 Å². The fraction of sp³-hybridized carbons (Fsp3) is 0.517. The first-order chi connectivity index (χ1) is 15.9. The zero-order valence-electron chi connectivity index (χ0n) is 19.8. The second-order valence-corrected chi connectivity index (χ2v) is 10.7. The summed E-state index contributed by atoms with van der Waals surface area (Å²) in [5, 5.41) is 0. The average Bonchev–Trinajstić information content (AvgIpc) is 3.60. The molecule has 0 radical (unpaired) electrons. The Labute approximate surface area is 196 Å². The molecule has 0 saturated heterocycles. The molecule has 1 heterocycles. The van der Waals surface area contributed by atoms with Gasteiger partial charge in [-0.05, 0) is 49.1 Å². The minimum Gasteiger partial charge on any atom is -0.462 e. The summed E-state index contributed by atoms with van der Waals surface area (Å²) < 4.78 is 12.1. The van der Waals surface area contributed by atoms with Crippen molar-refractivity contribution in [3.63, 3.8) is 0 Å². The molecule has 0 unspecified atom stereocenters. The number of carbonyl (C=O) groups is 2. The third kappa shape index (κ3) is 4.45. The van der Waals surface area contributed by atoms with Crippen LogP contribution in [-0.2, 0) is 14.3 Å². The molecule has 2 aliphatic carbocycles. The lowest BCUT2D eigenvalue weighted by Crippen LogP contribution is -2.36. The molecule has 5 rings (SSSR count). The molecule has 4 heteroatoms. The fourth-order valence-corrected chi connectivity index (χ4v) is 5.88. The van der Waals surface area contributed by atoms with Gasteiger partial charge >= 0.3 is 5.97 Å². The number of fused-ring (bicyclic) bond motifs is 2. The van der Waals surface area contributed by atoms with Crippen molar-refractivity contribution < 1.29 is 19.1 Å². The normalized spacial score (nSPS) is 28.4. The SMILES string of the molecule is CC(C)[C@@H]1CC[C@@H](C)C[C@H]1OC(=O)[C@H]1C[C@@H]1C(=O)CC1c2ccccc2Oc2ccccc21. The van der Waals surface area contributed by atoms with Crippen LogP contribution in [0.1, 0.15) is 69.9 Å². The van der Waals surface area contributed by atoms with Gasteiger partial charge in [-0.3, -0.25) is 9.59 Å². The van der Waals surface area contributed by atoms with Crippen LogP contribution in [0, 0.1) is 29.6 Å². The Morgan fingerprint density at radius 1 is 0.939 bits per heavy atom. The van der Waals surface area contributed by atoms with Gasteiger partial charge < -0.3 is 9.47 Å². The summed E-state index contributed by atoms with van der Waals surface area (Å²) in [5.74, 6) is 2.61. The predicted molar refractivity (Wildman–Crippen MR) is 127 cm³/mol. The van der Waals surface area contributed by atoms with Crippen LogP contribution in [0.4, 0.5) is 0 Å². The monoisotopic (exact) mass is 446 g/mol. The fourth-order valence-electron chi connectivity index (χ4n) is 5.88. The van der Waals surface area contributed by atoms with Crippen molar-refractivity contribution in [2.24, 2.45) is 29.6 Å². The van der Waals surface area contributed by atoms with E-state index in [-0.39, 0.29) is 35.6 Å². The Balaban J connectivity index is 1.26. The number of carbonyl (C=O) groups excluding carboxylic acids is 2. The first-order valence-electron chi connectivity index (χ1n) is 12.5. The smallest absolute Gasteiger partial charge is 0.309 e. The van der Waals surface area contributed by atoms with Crippen LogP contribution in [0.5, 0.6) is 11.5 Å². The molecule has 0 bridgehead atoms. The minimum absolute atomic E-state index is 0.00755. The zero-order valence-corrected chi connectivity index (χ0v) is 19.8. The van der Waals surface area contributed by atoms with Crippen molar-refractivity contribution in [2.45, 2.75) is 64.9 Å². The third-order valence-electron chi connectivity index (χ3n) is 7.95. The number of ether oxygens (including phenoxy) is 2. The van der Waals surface area contributed by atoms with E-state index in [1.165, 1.54) is 6.42 Å². The number of esters is 1. The second-order valence-electron chi connectivity index (χ2n) is 10.7. The minimum atomic E-state index is -0.270. The van der Waals surface area contributed by atoms with E-state index in [0.717, 1.165) is 35.5 Å². The molecule has 2 fully saturated rings. The van der Waals surface area contributed by atoms with Crippen molar-refractivity contribution >= 4 is 11.8 Å². The largest absolute Gasteiger partial charge is 0.462 e. The zero-order chi connectivity index (χ0) is 23.1. The van der Waals surface area contributed by atoms with Crippen molar-refractivity contribution in [2.75, 3.05) is 0 Å². The van der Waals surface area contributed by atoms with Gasteiger partial charge in [0, 0.05) is 29.4 Å². The van der Waals surface area contributed by atoms with Crippen LogP contribution in [0.25, 0.3) is 0 Å². The molecule has 0 amide bonds. The maximum Gasteiger partial charge on any atom is 0.309 e. The number of hydrogen-bond donors (Lipinski definition) is 0. The van der Waals surface area contributed by atoms with E-state index >= 15 is 0 Å². The van der Waals surface area contributed by atoms with E-state index in [9.17, 15) is 9.59 Å². The first-order valence-corrected chi connectivity index (χ1v) is 12.5. The van der Waals surface area contributed by atoms with Gasteiger partial charge in [0.2, 0.25) is 0 Å². The van der Waals surface area contributed by atoms with Crippen molar-refractivity contribution in [1.29, 1.82) is 0 Å². The maximum atomic E-state index is 13.3. The molecule has 4 nitrogen and oxygen atoms in total. The number of ketones is 1. The lowest BCUT2D eigenvalue weighted by molar-refractivity contribution is -0.158. The lowest BCUT2D eigenvalue weighted by atomic mass is 9.75. The van der Waals surface area contributed by atoms with Gasteiger partial charge in [0.25, 0.3) is 0 Å². The second kappa shape index (κ2) is 8.96. The molecule has 1 aliphatic heterocycles. The predicted octanol–water partition coefficient (Wildman–Crippen LogP) is 6.52. The van der Waals surface area contributed by atoms with Gasteiger partial charge in [0.1, 0.15) is 23.4 Å². The highest BCUT2D eigenvalue weighted by molar-refractivity contribution is 5.92. The molecule has 2 aromatic rings. The molecule has 33 heavy (non-hydrogen) atoms. The molecule has 0 N–H and O–H groups in total. The molecule has 0 spiro atoms.